The molecule has 2 aromatic heterocycles. The fourth-order valence-corrected chi connectivity index (χ4v) is 6.48. The number of nitrogens with one attached hydrogen (secondary N) is 1. The van der Waals surface area contributed by atoms with E-state index < -0.39 is 27.7 Å². The number of carbonyl (C=O) groups is 1. The molecule has 0 aliphatic carbocycles. The Labute approximate surface area is 212 Å². The predicted octanol–water partition coefficient (Wildman–Crippen LogP) is 2.32. The smallest absolute Gasteiger partial charge is 0.310 e. The summed E-state index contributed by atoms with van der Waals surface area (Å²) in [6.07, 6.45) is 1.11. The first kappa shape index (κ1) is 24.6. The number of nitriles is 1. The number of hydrogen-bond acceptors (Lipinski definition) is 8. The minimum atomic E-state index is -4.13. The summed E-state index contributed by atoms with van der Waals surface area (Å²) >= 11 is 6.00. The molecule has 0 spiro atoms. The Balaban J connectivity index is 1.41. The molecule has 1 fully saturated rings. The molecule has 1 atom stereocenters. The second-order valence-electron chi connectivity index (χ2n) is 9.08. The van der Waals surface area contributed by atoms with E-state index in [0.29, 0.717) is 34.7 Å². The van der Waals surface area contributed by atoms with Crippen LogP contribution >= 0.6 is 11.6 Å². The van der Waals surface area contributed by atoms with Crippen LogP contribution in [-0.4, -0.2) is 82.8 Å². The predicted molar refractivity (Wildman–Crippen MR) is 130 cm³/mol. The van der Waals surface area contributed by atoms with E-state index >= 15 is 0 Å². The molecule has 4 heterocycles. The van der Waals surface area contributed by atoms with Crippen molar-refractivity contribution in [2.24, 2.45) is 0 Å². The number of benzene rings is 1. The lowest BCUT2D eigenvalue weighted by Crippen LogP contribution is -2.56. The number of rotatable bonds is 5. The van der Waals surface area contributed by atoms with Gasteiger partial charge in [-0.15, -0.1) is 0 Å². The number of oxazole rings is 1. The summed E-state index contributed by atoms with van der Waals surface area (Å²) in [5.74, 6) is -0.181. The Hall–Kier alpha value is -3.11. The molecule has 11 nitrogen and oxygen atoms in total. The van der Waals surface area contributed by atoms with Gasteiger partial charge in [0.1, 0.15) is 5.76 Å². The van der Waals surface area contributed by atoms with Gasteiger partial charge in [-0.2, -0.15) is 9.57 Å². The molecule has 36 heavy (non-hydrogen) atoms. The van der Waals surface area contributed by atoms with Crippen LogP contribution in [0.5, 0.6) is 5.75 Å². The van der Waals surface area contributed by atoms with Crippen LogP contribution in [0.25, 0.3) is 10.9 Å². The zero-order chi connectivity index (χ0) is 25.6. The second-order valence-corrected chi connectivity index (χ2v) is 11.4. The first-order valence-electron chi connectivity index (χ1n) is 11.5. The summed E-state index contributed by atoms with van der Waals surface area (Å²) in [7, 11) is -2.17. The lowest BCUT2D eigenvalue weighted by atomic mass is 10.1. The van der Waals surface area contributed by atoms with Gasteiger partial charge in [-0.05, 0) is 31.7 Å². The molecule has 13 heteroatoms. The largest absolute Gasteiger partial charge is 0.504 e. The summed E-state index contributed by atoms with van der Waals surface area (Å²) in [6.45, 7) is 1.46. The summed E-state index contributed by atoms with van der Waals surface area (Å²) in [5.41, 5.74) is 1.20. The molecular formula is C23H25ClN6O5S. The number of H-pyrrole nitrogens is 1. The van der Waals surface area contributed by atoms with Gasteiger partial charge in [0.15, 0.2) is 10.8 Å². The minimum absolute atomic E-state index is 0.00977. The monoisotopic (exact) mass is 532 g/mol. The number of aromatic amines is 1. The van der Waals surface area contributed by atoms with Gasteiger partial charge in [0.25, 0.3) is 15.9 Å². The van der Waals surface area contributed by atoms with E-state index in [2.05, 4.69) is 20.9 Å². The van der Waals surface area contributed by atoms with Crippen molar-refractivity contribution in [2.75, 3.05) is 33.2 Å². The fraction of sp³-hybridized carbons (Fsp3) is 0.435. The Morgan fingerprint density at radius 1 is 1.36 bits per heavy atom. The minimum Gasteiger partial charge on any atom is -0.504 e. The number of sulfonamides is 1. The molecule has 0 radical (unpaired) electrons. The Morgan fingerprint density at radius 2 is 2.17 bits per heavy atom. The van der Waals surface area contributed by atoms with E-state index in [9.17, 15) is 18.3 Å². The van der Waals surface area contributed by atoms with Gasteiger partial charge in [0.2, 0.25) is 0 Å². The van der Waals surface area contributed by atoms with Crippen molar-refractivity contribution in [1.29, 1.82) is 5.26 Å². The SMILES string of the molecule is CN1CCc2nc(C(=O)N3CCN(S(=O)(=O)c4[nH]c5ccc(Cl)cc5c4O)CC3CCC#N)oc2C1. The number of nitrogens with zero attached hydrogens (tertiary/aromatic N) is 5. The lowest BCUT2D eigenvalue weighted by Gasteiger charge is -2.39. The van der Waals surface area contributed by atoms with Crippen molar-refractivity contribution in [1.82, 2.24) is 24.1 Å². The third-order valence-electron chi connectivity index (χ3n) is 6.70. The first-order chi connectivity index (χ1) is 17.2. The molecule has 1 saturated heterocycles. The number of aromatic hydroxyl groups is 1. The third-order valence-corrected chi connectivity index (χ3v) is 8.76. The van der Waals surface area contributed by atoms with Crippen LogP contribution in [0.1, 0.15) is 35.0 Å². The quantitative estimate of drug-likeness (QED) is 0.509. The number of halogens is 1. The standard InChI is InChI=1S/C23H25ClN6O5S/c1-28-8-6-18-19(13-28)35-21(26-18)23(32)30-10-9-29(12-15(30)3-2-7-25)36(33,34)22-20(31)16-11-14(24)4-5-17(16)27-22/h4-5,11,15,27,31H,2-3,6,8-10,12-13H2,1H3. The van der Waals surface area contributed by atoms with Gasteiger partial charge >= 0.3 is 5.91 Å². The van der Waals surface area contributed by atoms with Crippen molar-refractivity contribution in [3.63, 3.8) is 0 Å². The third kappa shape index (κ3) is 4.32. The van der Waals surface area contributed by atoms with Crippen molar-refractivity contribution < 1.29 is 22.7 Å². The number of aromatic nitrogens is 2. The molecule has 2 aliphatic rings. The molecule has 1 aromatic carbocycles. The molecule has 1 amide bonds. The van der Waals surface area contributed by atoms with Crippen LogP contribution in [0.2, 0.25) is 5.02 Å². The molecule has 5 rings (SSSR count). The van der Waals surface area contributed by atoms with Gasteiger partial charge in [0.05, 0.1) is 23.8 Å². The van der Waals surface area contributed by atoms with Crippen LogP contribution < -0.4 is 0 Å². The Kier molecular flexibility index (Phi) is 6.42. The maximum Gasteiger partial charge on any atom is 0.310 e. The van der Waals surface area contributed by atoms with Gasteiger partial charge < -0.3 is 19.4 Å². The van der Waals surface area contributed by atoms with Gasteiger partial charge in [0, 0.05) is 55.5 Å². The highest BCUT2D eigenvalue weighted by atomic mass is 35.5. The van der Waals surface area contributed by atoms with Gasteiger partial charge in [-0.25, -0.2) is 13.4 Å². The topological polar surface area (TPSA) is 147 Å². The average molecular weight is 533 g/mol. The summed E-state index contributed by atoms with van der Waals surface area (Å²) < 4.78 is 34.0. The zero-order valence-electron chi connectivity index (χ0n) is 19.6. The number of amides is 1. The maximum absolute atomic E-state index is 13.5. The molecular weight excluding hydrogens is 508 g/mol. The van der Waals surface area contributed by atoms with E-state index in [1.54, 1.807) is 12.1 Å². The van der Waals surface area contributed by atoms with E-state index in [-0.39, 0.29) is 43.4 Å². The van der Waals surface area contributed by atoms with Crippen LogP contribution in [0.15, 0.2) is 27.6 Å². The molecule has 1 unspecified atom stereocenters. The summed E-state index contributed by atoms with van der Waals surface area (Å²) in [4.78, 5) is 24.1. The number of hydrogen-bond donors (Lipinski definition) is 2. The molecule has 2 aliphatic heterocycles. The Morgan fingerprint density at radius 3 is 2.94 bits per heavy atom. The molecule has 190 valence electrons. The van der Waals surface area contributed by atoms with Gasteiger partial charge in [-0.1, -0.05) is 11.6 Å². The summed E-state index contributed by atoms with van der Waals surface area (Å²) in [6, 6.07) is 6.18. The highest BCUT2D eigenvalue weighted by Crippen LogP contribution is 2.36. The lowest BCUT2D eigenvalue weighted by molar-refractivity contribution is 0.0510. The highest BCUT2D eigenvalue weighted by molar-refractivity contribution is 7.89. The van der Waals surface area contributed by atoms with Crippen LogP contribution in [-0.2, 0) is 23.0 Å². The number of carbonyl (C=O) groups excluding carboxylic acids is 1. The Bertz CT molecular complexity index is 1480. The van der Waals surface area contributed by atoms with Crippen LogP contribution in [0.3, 0.4) is 0 Å². The molecule has 2 N–H and O–H groups in total. The first-order valence-corrected chi connectivity index (χ1v) is 13.4. The second kappa shape index (κ2) is 9.40. The van der Waals surface area contributed by atoms with Crippen LogP contribution in [0, 0.1) is 11.3 Å². The normalized spacial score (nSPS) is 19.4. The van der Waals surface area contributed by atoms with Gasteiger partial charge in [-0.3, -0.25) is 9.69 Å². The average Bonchev–Trinajstić information content (AvgIpc) is 3.43. The fourth-order valence-electron chi connectivity index (χ4n) is 4.77. The van der Waals surface area contributed by atoms with Crippen molar-refractivity contribution >= 4 is 38.4 Å². The molecule has 3 aromatic rings. The molecule has 0 saturated carbocycles. The number of fused-ring (bicyclic) bond motifs is 2. The van der Waals surface area contributed by atoms with Crippen LogP contribution in [0.4, 0.5) is 0 Å². The van der Waals surface area contributed by atoms with E-state index in [1.165, 1.54) is 15.3 Å². The maximum atomic E-state index is 13.5. The zero-order valence-corrected chi connectivity index (χ0v) is 21.1. The van der Waals surface area contributed by atoms with Crippen molar-refractivity contribution in [3.05, 3.63) is 40.6 Å². The van der Waals surface area contributed by atoms with Crippen molar-refractivity contribution in [2.45, 2.75) is 36.9 Å². The van der Waals surface area contributed by atoms with E-state index in [0.717, 1.165) is 12.2 Å². The number of likely N-dealkylation sites (N-methyl/N-ethyl adjacent to an activating group) is 1. The van der Waals surface area contributed by atoms with Crippen molar-refractivity contribution in [3.8, 4) is 11.8 Å². The molecule has 0 bridgehead atoms. The van der Waals surface area contributed by atoms with E-state index in [4.69, 9.17) is 21.3 Å². The van der Waals surface area contributed by atoms with E-state index in [1.807, 2.05) is 7.05 Å². The summed E-state index contributed by atoms with van der Waals surface area (Å²) in [5, 5.41) is 20.1. The highest BCUT2D eigenvalue weighted by Gasteiger charge is 2.40. The number of piperazine rings is 1.